The minimum absolute atomic E-state index is 0.0237. The molecule has 1 amide bonds. The van der Waals surface area contributed by atoms with Gasteiger partial charge in [-0.2, -0.15) is 0 Å². The van der Waals surface area contributed by atoms with Crippen LogP contribution in [0.25, 0.3) is 0 Å². The van der Waals surface area contributed by atoms with Crippen LogP contribution >= 0.6 is 0 Å². The van der Waals surface area contributed by atoms with Gasteiger partial charge in [0.15, 0.2) is 0 Å². The molecule has 3 heteroatoms. The second kappa shape index (κ2) is 5.50. The molecule has 0 aliphatic carbocycles. The summed E-state index contributed by atoms with van der Waals surface area (Å²) < 4.78 is 0. The lowest BCUT2D eigenvalue weighted by atomic mass is 9.86. The van der Waals surface area contributed by atoms with Crippen LogP contribution in [0.3, 0.4) is 0 Å². The number of hydrogen-bond acceptors (Lipinski definition) is 2. The molecule has 0 rings (SSSR count). The van der Waals surface area contributed by atoms with Crippen LogP contribution in [0, 0.1) is 0 Å². The minimum Gasteiger partial charge on any atom is -0.388 e. The van der Waals surface area contributed by atoms with Gasteiger partial charge in [-0.15, -0.1) is 0 Å². The van der Waals surface area contributed by atoms with Crippen molar-refractivity contribution >= 4 is 5.91 Å². The third kappa shape index (κ3) is 5.17. The predicted octanol–water partition coefficient (Wildman–Crippen LogP) is 2.23. The van der Waals surface area contributed by atoms with Gasteiger partial charge in [0.05, 0.1) is 11.1 Å². The highest BCUT2D eigenvalue weighted by Crippen LogP contribution is 2.20. The van der Waals surface area contributed by atoms with E-state index >= 15 is 0 Å². The maximum absolute atomic E-state index is 11.6. The molecule has 0 fully saturated rings. The molecule has 0 aromatic heterocycles. The molecule has 0 heterocycles. The first-order valence-corrected chi connectivity index (χ1v) is 5.74. The Morgan fingerprint density at radius 1 is 1.20 bits per heavy atom. The zero-order chi connectivity index (χ0) is 12.1. The quantitative estimate of drug-likeness (QED) is 0.668. The van der Waals surface area contributed by atoms with E-state index in [4.69, 9.17) is 0 Å². The Kier molecular flexibility index (Phi) is 5.29. The topological polar surface area (TPSA) is 49.3 Å². The molecule has 2 N–H and O–H groups in total. The second-order valence-electron chi connectivity index (χ2n) is 5.19. The van der Waals surface area contributed by atoms with Crippen molar-refractivity contribution in [1.29, 1.82) is 0 Å². The number of amides is 1. The molecule has 0 unspecified atom stereocenters. The summed E-state index contributed by atoms with van der Waals surface area (Å²) in [6, 6.07) is 0. The number of hydrogen-bond donors (Lipinski definition) is 2. The summed E-state index contributed by atoms with van der Waals surface area (Å²) in [5, 5.41) is 12.7. The fourth-order valence-corrected chi connectivity index (χ4v) is 1.10. The van der Waals surface area contributed by atoms with E-state index in [1.165, 1.54) is 0 Å². The number of aliphatic hydroxyl groups is 1. The Morgan fingerprint density at radius 2 is 1.73 bits per heavy atom. The third-order valence-electron chi connectivity index (χ3n) is 2.99. The van der Waals surface area contributed by atoms with Gasteiger partial charge in [-0.25, -0.2) is 0 Å². The minimum atomic E-state index is -0.909. The molecule has 0 saturated heterocycles. The van der Waals surface area contributed by atoms with Crippen LogP contribution in [0.5, 0.6) is 0 Å². The van der Waals surface area contributed by atoms with Crippen molar-refractivity contribution in [1.82, 2.24) is 5.32 Å². The highest BCUT2D eigenvalue weighted by atomic mass is 16.3. The zero-order valence-corrected chi connectivity index (χ0v) is 10.7. The summed E-state index contributed by atoms with van der Waals surface area (Å²) in [5.74, 6) is 0.0237. The Balaban J connectivity index is 4.06. The van der Waals surface area contributed by atoms with E-state index in [9.17, 15) is 9.90 Å². The Hall–Kier alpha value is -0.570. The van der Waals surface area contributed by atoms with Gasteiger partial charge < -0.3 is 10.4 Å². The number of rotatable bonds is 6. The maximum atomic E-state index is 11.6. The van der Waals surface area contributed by atoms with E-state index in [0.717, 1.165) is 19.3 Å². The van der Waals surface area contributed by atoms with Gasteiger partial charge in [-0.1, -0.05) is 19.8 Å². The summed E-state index contributed by atoms with van der Waals surface area (Å²) in [4.78, 5) is 11.6. The molecule has 3 nitrogen and oxygen atoms in total. The predicted molar refractivity (Wildman–Crippen MR) is 62.7 cm³/mol. The molecular formula is C12H25NO2. The molecule has 0 aromatic rings. The molecule has 0 saturated carbocycles. The van der Waals surface area contributed by atoms with Crippen LogP contribution in [0.15, 0.2) is 0 Å². The lowest BCUT2D eigenvalue weighted by molar-refractivity contribution is -0.126. The molecule has 0 bridgehead atoms. The molecule has 15 heavy (non-hydrogen) atoms. The van der Waals surface area contributed by atoms with Crippen molar-refractivity contribution < 1.29 is 9.90 Å². The first kappa shape index (κ1) is 14.4. The van der Waals surface area contributed by atoms with E-state index in [-0.39, 0.29) is 5.91 Å². The average molecular weight is 215 g/mol. The smallest absolute Gasteiger partial charge is 0.220 e. The highest BCUT2D eigenvalue weighted by molar-refractivity contribution is 5.76. The standard InChI is InChI=1S/C12H25NO2/c1-6-7-8-9-10(14)13-11(2,3)12(4,5)15/h15H,6-9H2,1-5H3,(H,13,14). The van der Waals surface area contributed by atoms with E-state index in [1.54, 1.807) is 13.8 Å². The van der Waals surface area contributed by atoms with Crippen molar-refractivity contribution in [3.05, 3.63) is 0 Å². The summed E-state index contributed by atoms with van der Waals surface area (Å²) in [7, 11) is 0. The van der Waals surface area contributed by atoms with Crippen molar-refractivity contribution in [2.45, 2.75) is 71.4 Å². The van der Waals surface area contributed by atoms with Gasteiger partial charge in [0.2, 0.25) is 5.91 Å². The average Bonchev–Trinajstić information content (AvgIpc) is 2.01. The molecule has 0 spiro atoms. The summed E-state index contributed by atoms with van der Waals surface area (Å²) in [5.41, 5.74) is -1.50. The van der Waals surface area contributed by atoms with Crippen LogP contribution in [-0.2, 0) is 4.79 Å². The summed E-state index contributed by atoms with van der Waals surface area (Å²) in [6.45, 7) is 9.20. The SMILES string of the molecule is CCCCCC(=O)NC(C)(C)C(C)(C)O. The second-order valence-corrected chi connectivity index (χ2v) is 5.19. The number of nitrogens with one attached hydrogen (secondary N) is 1. The van der Waals surface area contributed by atoms with Gasteiger partial charge in [-0.05, 0) is 34.1 Å². The van der Waals surface area contributed by atoms with E-state index in [0.29, 0.717) is 6.42 Å². The van der Waals surface area contributed by atoms with Crippen molar-refractivity contribution in [2.75, 3.05) is 0 Å². The third-order valence-corrected chi connectivity index (χ3v) is 2.99. The molecular weight excluding hydrogens is 190 g/mol. The number of carbonyl (C=O) groups is 1. The first-order valence-electron chi connectivity index (χ1n) is 5.74. The van der Waals surface area contributed by atoms with Crippen molar-refractivity contribution in [3.8, 4) is 0 Å². The number of unbranched alkanes of at least 4 members (excludes halogenated alkanes) is 2. The molecule has 0 aromatic carbocycles. The van der Waals surface area contributed by atoms with Gasteiger partial charge in [0, 0.05) is 6.42 Å². The van der Waals surface area contributed by atoms with Crippen molar-refractivity contribution in [3.63, 3.8) is 0 Å². The monoisotopic (exact) mass is 215 g/mol. The molecule has 90 valence electrons. The van der Waals surface area contributed by atoms with Gasteiger partial charge in [0.1, 0.15) is 0 Å². The summed E-state index contributed by atoms with van der Waals surface area (Å²) >= 11 is 0. The molecule has 0 aliphatic heterocycles. The van der Waals surface area contributed by atoms with Gasteiger partial charge >= 0.3 is 0 Å². The lowest BCUT2D eigenvalue weighted by Gasteiger charge is -2.38. The largest absolute Gasteiger partial charge is 0.388 e. The Labute approximate surface area is 93.3 Å². The number of carbonyl (C=O) groups excluding carboxylic acids is 1. The van der Waals surface area contributed by atoms with E-state index in [2.05, 4.69) is 12.2 Å². The first-order chi connectivity index (χ1) is 6.70. The van der Waals surface area contributed by atoms with Crippen LogP contribution in [0.1, 0.15) is 60.3 Å². The van der Waals surface area contributed by atoms with Crippen molar-refractivity contribution in [2.24, 2.45) is 0 Å². The van der Waals surface area contributed by atoms with Crippen LogP contribution in [-0.4, -0.2) is 22.2 Å². The molecule has 0 aliphatic rings. The Morgan fingerprint density at radius 3 is 2.13 bits per heavy atom. The van der Waals surface area contributed by atoms with E-state index in [1.807, 2.05) is 13.8 Å². The van der Waals surface area contributed by atoms with Crippen LogP contribution < -0.4 is 5.32 Å². The van der Waals surface area contributed by atoms with E-state index < -0.39 is 11.1 Å². The highest BCUT2D eigenvalue weighted by Gasteiger charge is 2.35. The fraction of sp³-hybridized carbons (Fsp3) is 0.917. The normalized spacial score (nSPS) is 12.7. The lowest BCUT2D eigenvalue weighted by Crippen LogP contribution is -2.57. The molecule has 0 radical (unpaired) electrons. The van der Waals surface area contributed by atoms with Gasteiger partial charge in [0.25, 0.3) is 0 Å². The fourth-order valence-electron chi connectivity index (χ4n) is 1.10. The summed E-state index contributed by atoms with van der Waals surface area (Å²) in [6.07, 6.45) is 3.66. The maximum Gasteiger partial charge on any atom is 0.220 e. The Bertz CT molecular complexity index is 204. The van der Waals surface area contributed by atoms with Crippen LogP contribution in [0.4, 0.5) is 0 Å². The molecule has 0 atom stereocenters. The van der Waals surface area contributed by atoms with Gasteiger partial charge in [-0.3, -0.25) is 4.79 Å². The zero-order valence-electron chi connectivity index (χ0n) is 10.7. The van der Waals surface area contributed by atoms with Crippen LogP contribution in [0.2, 0.25) is 0 Å².